The second kappa shape index (κ2) is 30.9. The standard InChI is InChI=1S/C35H63NO3/c1-3-5-7-9-11-13-14-15-16-17-18-19-20-21-23-25-27-29-31-35(39)36-33(32-37)34(38)30-28-26-24-22-12-10-8-6-4-2/h4,6,12,16-17,22,28,30,33-34,37-38H,3,5,7-11,13-15,18-21,23-27,29,31-32H2,1-2H3,(H,36,39)/b6-4+,17-16-,22-12+,30-28+. The highest BCUT2D eigenvalue weighted by Gasteiger charge is 2.17. The molecule has 0 saturated carbocycles. The normalized spacial score (nSPS) is 13.8. The van der Waals surface area contributed by atoms with Gasteiger partial charge in [-0.15, -0.1) is 0 Å². The molecule has 1 amide bonds. The van der Waals surface area contributed by atoms with Gasteiger partial charge < -0.3 is 15.5 Å². The summed E-state index contributed by atoms with van der Waals surface area (Å²) in [6.45, 7) is 4.03. The van der Waals surface area contributed by atoms with Crippen LogP contribution in [0.5, 0.6) is 0 Å². The molecule has 0 aromatic heterocycles. The third-order valence-corrected chi connectivity index (χ3v) is 7.11. The van der Waals surface area contributed by atoms with Gasteiger partial charge in [-0.2, -0.15) is 0 Å². The highest BCUT2D eigenvalue weighted by molar-refractivity contribution is 5.76. The monoisotopic (exact) mass is 545 g/mol. The van der Waals surface area contributed by atoms with Gasteiger partial charge in [-0.25, -0.2) is 0 Å². The number of nitrogens with one attached hydrogen (secondary N) is 1. The Morgan fingerprint density at radius 3 is 1.64 bits per heavy atom. The lowest BCUT2D eigenvalue weighted by Gasteiger charge is -2.19. The molecular formula is C35H63NO3. The summed E-state index contributed by atoms with van der Waals surface area (Å²) in [5.41, 5.74) is 0. The summed E-state index contributed by atoms with van der Waals surface area (Å²) < 4.78 is 0. The van der Waals surface area contributed by atoms with Gasteiger partial charge in [0, 0.05) is 6.42 Å². The number of allylic oxidation sites excluding steroid dienone is 7. The Hall–Kier alpha value is -1.65. The second-order valence-corrected chi connectivity index (χ2v) is 10.9. The van der Waals surface area contributed by atoms with Crippen LogP contribution in [0, 0.1) is 0 Å². The average molecular weight is 546 g/mol. The van der Waals surface area contributed by atoms with Crippen LogP contribution in [0.25, 0.3) is 0 Å². The van der Waals surface area contributed by atoms with Crippen LogP contribution in [0.1, 0.15) is 149 Å². The van der Waals surface area contributed by atoms with E-state index in [-0.39, 0.29) is 12.5 Å². The van der Waals surface area contributed by atoms with Crippen LogP contribution in [0.4, 0.5) is 0 Å². The molecular weight excluding hydrogens is 482 g/mol. The van der Waals surface area contributed by atoms with Gasteiger partial charge >= 0.3 is 0 Å². The fourth-order valence-corrected chi connectivity index (χ4v) is 4.56. The average Bonchev–Trinajstić information content (AvgIpc) is 2.94. The Labute approximate surface area is 242 Å². The number of hydrogen-bond acceptors (Lipinski definition) is 3. The van der Waals surface area contributed by atoms with Crippen molar-refractivity contribution in [1.82, 2.24) is 5.32 Å². The molecule has 0 saturated heterocycles. The zero-order chi connectivity index (χ0) is 28.7. The molecule has 0 fully saturated rings. The minimum Gasteiger partial charge on any atom is -0.394 e. The van der Waals surface area contributed by atoms with Gasteiger partial charge in [-0.3, -0.25) is 4.79 Å². The lowest BCUT2D eigenvalue weighted by Crippen LogP contribution is -2.45. The van der Waals surface area contributed by atoms with E-state index in [9.17, 15) is 15.0 Å². The maximum Gasteiger partial charge on any atom is 0.220 e. The SMILES string of the molecule is C/C=C/CC/C=C/CC/C=C/C(O)C(CO)NC(=O)CCCCCCCCC/C=C\CCCCCCCCC. The summed E-state index contributed by atoms with van der Waals surface area (Å²) in [7, 11) is 0. The van der Waals surface area contributed by atoms with Crippen LogP contribution < -0.4 is 5.32 Å². The summed E-state index contributed by atoms with van der Waals surface area (Å²) in [5.74, 6) is -0.0890. The zero-order valence-electron chi connectivity index (χ0n) is 25.6. The van der Waals surface area contributed by atoms with Crippen molar-refractivity contribution in [3.8, 4) is 0 Å². The van der Waals surface area contributed by atoms with Crippen molar-refractivity contribution in [3.63, 3.8) is 0 Å². The van der Waals surface area contributed by atoms with Gasteiger partial charge in [-0.1, -0.05) is 126 Å². The third kappa shape index (κ3) is 27.7. The molecule has 0 bridgehead atoms. The van der Waals surface area contributed by atoms with E-state index in [0.717, 1.165) is 38.5 Å². The minimum atomic E-state index is -0.868. The van der Waals surface area contributed by atoms with Crippen LogP contribution in [-0.2, 0) is 4.79 Å². The Balaban J connectivity index is 3.65. The van der Waals surface area contributed by atoms with Gasteiger partial charge in [-0.05, 0) is 64.7 Å². The molecule has 0 aliphatic rings. The molecule has 0 aliphatic heterocycles. The van der Waals surface area contributed by atoms with E-state index >= 15 is 0 Å². The fraction of sp³-hybridized carbons (Fsp3) is 0.743. The van der Waals surface area contributed by atoms with Crippen molar-refractivity contribution in [2.75, 3.05) is 6.61 Å². The first-order chi connectivity index (χ1) is 19.2. The minimum absolute atomic E-state index is 0.0890. The molecule has 0 radical (unpaired) electrons. The van der Waals surface area contributed by atoms with Crippen LogP contribution in [0.15, 0.2) is 48.6 Å². The molecule has 0 heterocycles. The highest BCUT2D eigenvalue weighted by atomic mass is 16.3. The highest BCUT2D eigenvalue weighted by Crippen LogP contribution is 2.12. The molecule has 0 aliphatic carbocycles. The Kier molecular flexibility index (Phi) is 29.6. The van der Waals surface area contributed by atoms with E-state index in [4.69, 9.17) is 0 Å². The maximum atomic E-state index is 12.2. The molecule has 39 heavy (non-hydrogen) atoms. The predicted molar refractivity (Wildman–Crippen MR) is 170 cm³/mol. The van der Waals surface area contributed by atoms with E-state index in [1.165, 1.54) is 89.9 Å². The Bertz CT molecular complexity index is 638. The summed E-state index contributed by atoms with van der Waals surface area (Å²) >= 11 is 0. The number of unbranched alkanes of at least 4 members (excludes halogenated alkanes) is 16. The van der Waals surface area contributed by atoms with Crippen molar-refractivity contribution in [2.24, 2.45) is 0 Å². The second-order valence-electron chi connectivity index (χ2n) is 10.9. The van der Waals surface area contributed by atoms with Crippen molar-refractivity contribution in [3.05, 3.63) is 48.6 Å². The first kappa shape index (κ1) is 37.4. The number of hydrogen-bond donors (Lipinski definition) is 3. The van der Waals surface area contributed by atoms with Crippen LogP contribution in [0.3, 0.4) is 0 Å². The van der Waals surface area contributed by atoms with Gasteiger partial charge in [0.2, 0.25) is 5.91 Å². The van der Waals surface area contributed by atoms with Crippen LogP contribution in [-0.4, -0.2) is 34.9 Å². The largest absolute Gasteiger partial charge is 0.394 e. The molecule has 4 nitrogen and oxygen atoms in total. The van der Waals surface area contributed by atoms with E-state index in [2.05, 4.69) is 48.7 Å². The molecule has 226 valence electrons. The van der Waals surface area contributed by atoms with Crippen molar-refractivity contribution >= 4 is 5.91 Å². The molecule has 3 N–H and O–H groups in total. The van der Waals surface area contributed by atoms with Crippen molar-refractivity contribution < 1.29 is 15.0 Å². The van der Waals surface area contributed by atoms with Crippen LogP contribution >= 0.6 is 0 Å². The van der Waals surface area contributed by atoms with Crippen molar-refractivity contribution in [1.29, 1.82) is 0 Å². The fourth-order valence-electron chi connectivity index (χ4n) is 4.56. The summed E-state index contributed by atoms with van der Waals surface area (Å²) in [6.07, 6.45) is 40.6. The van der Waals surface area contributed by atoms with Gasteiger partial charge in [0.25, 0.3) is 0 Å². The quantitative estimate of drug-likeness (QED) is 0.0677. The van der Waals surface area contributed by atoms with E-state index in [1.54, 1.807) is 6.08 Å². The van der Waals surface area contributed by atoms with Gasteiger partial charge in [0.15, 0.2) is 0 Å². The Morgan fingerprint density at radius 1 is 0.641 bits per heavy atom. The van der Waals surface area contributed by atoms with Crippen molar-refractivity contribution in [2.45, 2.75) is 161 Å². The zero-order valence-corrected chi connectivity index (χ0v) is 25.6. The number of aliphatic hydroxyl groups is 2. The molecule has 2 unspecified atom stereocenters. The first-order valence-corrected chi connectivity index (χ1v) is 16.3. The first-order valence-electron chi connectivity index (χ1n) is 16.3. The molecule has 0 spiro atoms. The number of carbonyl (C=O) groups excluding carboxylic acids is 1. The smallest absolute Gasteiger partial charge is 0.220 e. The molecule has 0 rings (SSSR count). The predicted octanol–water partition coefficient (Wildman–Crippen LogP) is 9.28. The van der Waals surface area contributed by atoms with Crippen LogP contribution in [0.2, 0.25) is 0 Å². The number of rotatable bonds is 28. The summed E-state index contributed by atoms with van der Waals surface area (Å²) in [5, 5.41) is 22.7. The summed E-state index contributed by atoms with van der Waals surface area (Å²) in [6, 6.07) is -0.644. The molecule has 2 atom stereocenters. The van der Waals surface area contributed by atoms with Gasteiger partial charge in [0.05, 0.1) is 18.8 Å². The maximum absolute atomic E-state index is 12.2. The number of amides is 1. The molecule has 0 aromatic carbocycles. The number of carbonyl (C=O) groups is 1. The van der Waals surface area contributed by atoms with E-state index < -0.39 is 12.1 Å². The lowest BCUT2D eigenvalue weighted by molar-refractivity contribution is -0.123. The third-order valence-electron chi connectivity index (χ3n) is 7.11. The van der Waals surface area contributed by atoms with E-state index in [0.29, 0.717) is 6.42 Å². The van der Waals surface area contributed by atoms with E-state index in [1.807, 2.05) is 13.0 Å². The molecule has 0 aromatic rings. The number of aliphatic hydroxyl groups excluding tert-OH is 2. The topological polar surface area (TPSA) is 69.6 Å². The lowest BCUT2D eigenvalue weighted by atomic mass is 10.1. The summed E-state index contributed by atoms with van der Waals surface area (Å²) in [4.78, 5) is 12.2. The Morgan fingerprint density at radius 2 is 1.10 bits per heavy atom. The van der Waals surface area contributed by atoms with Gasteiger partial charge in [0.1, 0.15) is 0 Å². The molecule has 4 heteroatoms.